The van der Waals surface area contributed by atoms with E-state index in [1.807, 2.05) is 18.2 Å². The first kappa shape index (κ1) is 30.9. The van der Waals surface area contributed by atoms with E-state index in [1.54, 1.807) is 61.5 Å². The highest BCUT2D eigenvalue weighted by Crippen LogP contribution is 2.27. The zero-order chi connectivity index (χ0) is 31.1. The van der Waals surface area contributed by atoms with Gasteiger partial charge in [-0.15, -0.1) is 0 Å². The van der Waals surface area contributed by atoms with Gasteiger partial charge in [-0.25, -0.2) is 4.98 Å². The van der Waals surface area contributed by atoms with Crippen LogP contribution in [0, 0.1) is 0 Å². The fourth-order valence-electron chi connectivity index (χ4n) is 5.28. The molecule has 2 N–H and O–H groups in total. The minimum absolute atomic E-state index is 0.130. The van der Waals surface area contributed by atoms with Crippen molar-refractivity contribution in [1.82, 2.24) is 15.6 Å². The standard InChI is InChI=1S/C34H34ClN3O6/c1-2-26(31(40)34-38-27-14-8-9-15-29(27)44-34)36-33(42)28(20-30(39)43-23-10-4-3-5-11-23)37-32(41)22-18-16-21(17-19-22)24-12-6-7-13-25(24)35/h6-9,12-19,23,26,28H,2-5,10-11,20H2,1H3,(H,36,42)(H,37,41)/t26-,28?/m0/s1. The van der Waals surface area contributed by atoms with Crippen LogP contribution in [0.2, 0.25) is 5.02 Å². The van der Waals surface area contributed by atoms with Crippen LogP contribution in [0.1, 0.15) is 72.9 Å². The number of halogens is 1. The molecule has 1 saturated carbocycles. The van der Waals surface area contributed by atoms with Gasteiger partial charge in [-0.2, -0.15) is 0 Å². The molecule has 0 bridgehead atoms. The zero-order valence-electron chi connectivity index (χ0n) is 24.4. The largest absolute Gasteiger partial charge is 0.462 e. The summed E-state index contributed by atoms with van der Waals surface area (Å²) >= 11 is 6.32. The second kappa shape index (κ2) is 14.3. The number of nitrogens with zero attached hydrogens (tertiary/aromatic N) is 1. The lowest BCUT2D eigenvalue weighted by Gasteiger charge is -2.24. The van der Waals surface area contributed by atoms with E-state index in [2.05, 4.69) is 15.6 Å². The summed E-state index contributed by atoms with van der Waals surface area (Å²) in [6, 6.07) is 18.8. The third-order valence-electron chi connectivity index (χ3n) is 7.72. The molecule has 0 aliphatic heterocycles. The minimum atomic E-state index is -1.28. The number of carbonyl (C=O) groups excluding carboxylic acids is 4. The van der Waals surface area contributed by atoms with E-state index in [0.717, 1.165) is 43.2 Å². The molecule has 1 aliphatic carbocycles. The summed E-state index contributed by atoms with van der Waals surface area (Å²) in [6.45, 7) is 1.73. The SMILES string of the molecule is CC[C@H](NC(=O)C(CC(=O)OC1CCCCC1)NC(=O)c1ccc(-c2ccccc2Cl)cc1)C(=O)c1nc2ccccc2o1. The third kappa shape index (κ3) is 7.52. The molecule has 9 nitrogen and oxygen atoms in total. The summed E-state index contributed by atoms with van der Waals surface area (Å²) in [5.41, 5.74) is 2.90. The Hall–Kier alpha value is -4.50. The van der Waals surface area contributed by atoms with Crippen LogP contribution in [0.25, 0.3) is 22.2 Å². The van der Waals surface area contributed by atoms with Crippen molar-refractivity contribution in [2.24, 2.45) is 0 Å². The lowest BCUT2D eigenvalue weighted by atomic mass is 9.98. The molecule has 228 valence electrons. The number of esters is 1. The number of ketones is 1. The van der Waals surface area contributed by atoms with Gasteiger partial charge >= 0.3 is 5.97 Å². The molecule has 2 amide bonds. The molecular formula is C34H34ClN3O6. The van der Waals surface area contributed by atoms with Crippen molar-refractivity contribution >= 4 is 46.3 Å². The first-order chi connectivity index (χ1) is 21.3. The number of ether oxygens (including phenoxy) is 1. The third-order valence-corrected chi connectivity index (χ3v) is 8.05. The van der Waals surface area contributed by atoms with Gasteiger partial charge in [0, 0.05) is 16.1 Å². The van der Waals surface area contributed by atoms with Crippen molar-refractivity contribution in [2.45, 2.75) is 70.1 Å². The number of carbonyl (C=O) groups is 4. The maximum Gasteiger partial charge on any atom is 0.308 e. The first-order valence-corrected chi connectivity index (χ1v) is 15.3. The Kier molecular flexibility index (Phi) is 10.1. The van der Waals surface area contributed by atoms with E-state index in [4.69, 9.17) is 20.8 Å². The van der Waals surface area contributed by atoms with Gasteiger partial charge < -0.3 is 19.8 Å². The van der Waals surface area contributed by atoms with Gasteiger partial charge in [-0.1, -0.05) is 67.4 Å². The maximum absolute atomic E-state index is 13.5. The van der Waals surface area contributed by atoms with Gasteiger partial charge in [0.05, 0.1) is 12.5 Å². The van der Waals surface area contributed by atoms with Gasteiger partial charge in [0.25, 0.3) is 11.8 Å². The second-order valence-corrected chi connectivity index (χ2v) is 11.3. The molecule has 3 aromatic carbocycles. The van der Waals surface area contributed by atoms with Crippen LogP contribution in [0.4, 0.5) is 0 Å². The van der Waals surface area contributed by atoms with Crippen LogP contribution >= 0.6 is 11.6 Å². The minimum Gasteiger partial charge on any atom is -0.462 e. The predicted octanol–water partition coefficient (Wildman–Crippen LogP) is 6.29. The van der Waals surface area contributed by atoms with Crippen molar-refractivity contribution in [2.75, 3.05) is 0 Å². The molecule has 0 radical (unpaired) electrons. The highest BCUT2D eigenvalue weighted by Gasteiger charge is 2.31. The van der Waals surface area contributed by atoms with Crippen LogP contribution in [0.15, 0.2) is 77.2 Å². The first-order valence-electron chi connectivity index (χ1n) is 14.9. The Balaban J connectivity index is 1.31. The Labute approximate surface area is 260 Å². The molecule has 1 unspecified atom stereocenters. The van der Waals surface area contributed by atoms with E-state index in [0.29, 0.717) is 16.1 Å². The molecule has 1 aromatic heterocycles. The molecule has 1 aliphatic rings. The van der Waals surface area contributed by atoms with E-state index in [9.17, 15) is 19.2 Å². The zero-order valence-corrected chi connectivity index (χ0v) is 25.1. The van der Waals surface area contributed by atoms with Gasteiger partial charge in [0.1, 0.15) is 17.7 Å². The van der Waals surface area contributed by atoms with Crippen LogP contribution in [0.3, 0.4) is 0 Å². The summed E-state index contributed by atoms with van der Waals surface area (Å²) in [5, 5.41) is 5.94. The van der Waals surface area contributed by atoms with Gasteiger partial charge in [-0.05, 0) is 68.0 Å². The Bertz CT molecular complexity index is 1610. The highest BCUT2D eigenvalue weighted by molar-refractivity contribution is 6.33. The number of Topliss-reactive ketones (excluding diaryl/α,β-unsaturated/α-hetero) is 1. The summed E-state index contributed by atoms with van der Waals surface area (Å²) in [5.74, 6) is -2.48. The van der Waals surface area contributed by atoms with Crippen LogP contribution in [0.5, 0.6) is 0 Å². The Morgan fingerprint density at radius 3 is 2.32 bits per heavy atom. The number of amides is 2. The smallest absolute Gasteiger partial charge is 0.308 e. The van der Waals surface area contributed by atoms with Crippen molar-refractivity contribution < 1.29 is 28.3 Å². The van der Waals surface area contributed by atoms with Crippen molar-refractivity contribution in [3.63, 3.8) is 0 Å². The normalized spacial score (nSPS) is 14.9. The number of aromatic nitrogens is 1. The summed E-state index contributed by atoms with van der Waals surface area (Å²) in [4.78, 5) is 57.3. The molecule has 1 fully saturated rings. The highest BCUT2D eigenvalue weighted by atomic mass is 35.5. The Morgan fingerprint density at radius 1 is 0.909 bits per heavy atom. The van der Waals surface area contributed by atoms with Gasteiger partial charge in [0.2, 0.25) is 11.7 Å². The number of rotatable bonds is 11. The molecule has 2 atom stereocenters. The average molecular weight is 616 g/mol. The van der Waals surface area contributed by atoms with Crippen LogP contribution in [-0.4, -0.2) is 46.7 Å². The fourth-order valence-corrected chi connectivity index (χ4v) is 5.53. The number of fused-ring (bicyclic) bond motifs is 1. The van der Waals surface area contributed by atoms with E-state index in [-0.39, 0.29) is 30.4 Å². The topological polar surface area (TPSA) is 128 Å². The van der Waals surface area contributed by atoms with Crippen LogP contribution < -0.4 is 10.6 Å². The number of hydrogen-bond acceptors (Lipinski definition) is 7. The molecule has 0 spiro atoms. The van der Waals surface area contributed by atoms with Gasteiger partial charge in [-0.3, -0.25) is 19.2 Å². The van der Waals surface area contributed by atoms with Crippen molar-refractivity contribution in [1.29, 1.82) is 0 Å². The predicted molar refractivity (Wildman–Crippen MR) is 166 cm³/mol. The molecular weight excluding hydrogens is 582 g/mol. The maximum atomic E-state index is 13.5. The second-order valence-electron chi connectivity index (χ2n) is 10.9. The van der Waals surface area contributed by atoms with Gasteiger partial charge in [0.15, 0.2) is 5.58 Å². The Morgan fingerprint density at radius 2 is 1.61 bits per heavy atom. The monoisotopic (exact) mass is 615 g/mol. The number of oxazole rings is 1. The summed E-state index contributed by atoms with van der Waals surface area (Å²) in [6.07, 6.45) is 4.21. The molecule has 0 saturated heterocycles. The number of nitrogens with one attached hydrogen (secondary N) is 2. The molecule has 10 heteroatoms. The molecule has 1 heterocycles. The molecule has 44 heavy (non-hydrogen) atoms. The summed E-state index contributed by atoms with van der Waals surface area (Å²) < 4.78 is 11.3. The van der Waals surface area contributed by atoms with Crippen molar-refractivity contribution in [3.05, 3.63) is 89.3 Å². The fraction of sp³-hybridized carbons (Fsp3) is 0.324. The molecule has 5 rings (SSSR count). The lowest BCUT2D eigenvalue weighted by Crippen LogP contribution is -2.52. The van der Waals surface area contributed by atoms with E-state index < -0.39 is 35.7 Å². The molecule has 4 aromatic rings. The number of hydrogen-bond donors (Lipinski definition) is 2. The quantitative estimate of drug-likeness (QED) is 0.150. The lowest BCUT2D eigenvalue weighted by molar-refractivity contribution is -0.152. The van der Waals surface area contributed by atoms with Crippen LogP contribution in [-0.2, 0) is 14.3 Å². The number of benzene rings is 3. The van der Waals surface area contributed by atoms with E-state index >= 15 is 0 Å². The number of para-hydroxylation sites is 2. The summed E-state index contributed by atoms with van der Waals surface area (Å²) in [7, 11) is 0. The van der Waals surface area contributed by atoms with Crippen molar-refractivity contribution in [3.8, 4) is 11.1 Å². The van der Waals surface area contributed by atoms with E-state index in [1.165, 1.54) is 0 Å². The average Bonchev–Trinajstić information content (AvgIpc) is 3.48.